The Balaban J connectivity index is 2.31. The molecule has 8 nitrogen and oxygen atoms in total. The molecule has 9 heteroatoms. The SMILES string of the molecule is COC(F)[C@H]1O[C@@H](n2ccc(=O)[nH]c2=O)[C@H](O)[C@@H]1O. The second-order valence-corrected chi connectivity index (χ2v) is 4.08. The third-order valence-electron chi connectivity index (χ3n) is 2.88. The molecule has 19 heavy (non-hydrogen) atoms. The maximum absolute atomic E-state index is 13.4. The summed E-state index contributed by atoms with van der Waals surface area (Å²) in [7, 11) is 1.08. The van der Waals surface area contributed by atoms with Crippen LogP contribution in [0, 0.1) is 0 Å². The lowest BCUT2D eigenvalue weighted by Gasteiger charge is -2.17. The molecule has 5 atom stereocenters. The van der Waals surface area contributed by atoms with Crippen LogP contribution in [0.1, 0.15) is 6.23 Å². The van der Waals surface area contributed by atoms with Crippen molar-refractivity contribution >= 4 is 0 Å². The second-order valence-electron chi connectivity index (χ2n) is 4.08. The van der Waals surface area contributed by atoms with Crippen LogP contribution in [-0.2, 0) is 9.47 Å². The Morgan fingerprint density at radius 2 is 2.16 bits per heavy atom. The highest BCUT2D eigenvalue weighted by Crippen LogP contribution is 2.31. The fourth-order valence-corrected chi connectivity index (χ4v) is 1.89. The number of ether oxygens (including phenoxy) is 2. The number of nitrogens with one attached hydrogen (secondary N) is 1. The molecule has 2 heterocycles. The Bertz CT molecular complexity index is 557. The molecule has 2 rings (SSSR count). The van der Waals surface area contributed by atoms with E-state index in [1.807, 2.05) is 4.98 Å². The standard InChI is InChI=1S/C10H13FN2O6/c1-18-8(11)7-5(15)6(16)9(19-7)13-3-2-4(14)12-10(13)17/h2-3,5-9,15-16H,1H3,(H,12,14,17)/t5-,6+,7-,8?,9+/m0/s1. The number of hydrogen-bond donors (Lipinski definition) is 3. The lowest BCUT2D eigenvalue weighted by molar-refractivity contribution is -0.146. The first-order valence-corrected chi connectivity index (χ1v) is 5.45. The molecule has 1 fully saturated rings. The summed E-state index contributed by atoms with van der Waals surface area (Å²) in [5, 5.41) is 19.4. The van der Waals surface area contributed by atoms with E-state index in [1.54, 1.807) is 0 Å². The maximum Gasteiger partial charge on any atom is 0.330 e. The summed E-state index contributed by atoms with van der Waals surface area (Å²) in [6.45, 7) is 0. The van der Waals surface area contributed by atoms with Gasteiger partial charge in [-0.3, -0.25) is 14.3 Å². The van der Waals surface area contributed by atoms with Gasteiger partial charge in [0.2, 0.25) is 6.36 Å². The minimum absolute atomic E-state index is 0.619. The zero-order chi connectivity index (χ0) is 14.2. The molecule has 0 aliphatic carbocycles. The molecule has 1 unspecified atom stereocenters. The minimum Gasteiger partial charge on any atom is -0.387 e. The summed E-state index contributed by atoms with van der Waals surface area (Å²) in [6.07, 6.45) is -6.68. The number of methoxy groups -OCH3 is 1. The van der Waals surface area contributed by atoms with Gasteiger partial charge in [0.15, 0.2) is 6.23 Å². The van der Waals surface area contributed by atoms with Crippen molar-refractivity contribution in [2.24, 2.45) is 0 Å². The zero-order valence-electron chi connectivity index (χ0n) is 9.89. The molecule has 1 aromatic heterocycles. The van der Waals surface area contributed by atoms with Gasteiger partial charge in [-0.25, -0.2) is 9.18 Å². The fraction of sp³-hybridized carbons (Fsp3) is 0.600. The number of nitrogens with zero attached hydrogens (tertiary/aromatic N) is 1. The highest BCUT2D eigenvalue weighted by Gasteiger charge is 2.48. The van der Waals surface area contributed by atoms with Crippen molar-refractivity contribution in [2.75, 3.05) is 7.11 Å². The van der Waals surface area contributed by atoms with Crippen LogP contribution in [0.4, 0.5) is 4.39 Å². The molecule has 1 aromatic rings. The zero-order valence-corrected chi connectivity index (χ0v) is 9.89. The first kappa shape index (κ1) is 13.9. The number of hydrogen-bond acceptors (Lipinski definition) is 6. The Kier molecular flexibility index (Phi) is 3.80. The van der Waals surface area contributed by atoms with Crippen LogP contribution in [0.15, 0.2) is 21.9 Å². The second kappa shape index (κ2) is 5.21. The first-order valence-electron chi connectivity index (χ1n) is 5.45. The van der Waals surface area contributed by atoms with Crippen LogP contribution >= 0.6 is 0 Å². The van der Waals surface area contributed by atoms with E-state index in [-0.39, 0.29) is 0 Å². The van der Waals surface area contributed by atoms with E-state index in [9.17, 15) is 24.2 Å². The average molecular weight is 276 g/mol. The van der Waals surface area contributed by atoms with Crippen LogP contribution in [-0.4, -0.2) is 51.5 Å². The minimum atomic E-state index is -1.95. The van der Waals surface area contributed by atoms with Gasteiger partial charge >= 0.3 is 5.69 Å². The van der Waals surface area contributed by atoms with E-state index in [2.05, 4.69) is 4.74 Å². The summed E-state index contributed by atoms with van der Waals surface area (Å²) < 4.78 is 23.7. The Labute approximate surface area is 106 Å². The molecule has 106 valence electrons. The lowest BCUT2D eigenvalue weighted by Crippen LogP contribution is -2.38. The van der Waals surface area contributed by atoms with Crippen LogP contribution in [0.5, 0.6) is 0 Å². The predicted molar refractivity (Wildman–Crippen MR) is 59.2 cm³/mol. The van der Waals surface area contributed by atoms with Gasteiger partial charge in [-0.15, -0.1) is 0 Å². The molecular formula is C10H13FN2O6. The topological polar surface area (TPSA) is 114 Å². The van der Waals surface area contributed by atoms with Gasteiger partial charge in [-0.05, 0) is 0 Å². The van der Waals surface area contributed by atoms with Gasteiger partial charge in [0.05, 0.1) is 0 Å². The van der Waals surface area contributed by atoms with E-state index in [1.165, 1.54) is 0 Å². The van der Waals surface area contributed by atoms with Crippen LogP contribution in [0.2, 0.25) is 0 Å². The van der Waals surface area contributed by atoms with Gasteiger partial charge in [0.25, 0.3) is 5.56 Å². The number of aromatic amines is 1. The van der Waals surface area contributed by atoms with E-state index < -0.39 is 42.1 Å². The molecule has 3 N–H and O–H groups in total. The molecule has 0 amide bonds. The number of aromatic nitrogens is 2. The quantitative estimate of drug-likeness (QED) is 0.594. The van der Waals surface area contributed by atoms with Crippen molar-refractivity contribution in [1.29, 1.82) is 0 Å². The fourth-order valence-electron chi connectivity index (χ4n) is 1.89. The maximum atomic E-state index is 13.4. The Morgan fingerprint density at radius 1 is 1.47 bits per heavy atom. The van der Waals surface area contributed by atoms with Gasteiger partial charge in [0, 0.05) is 19.4 Å². The van der Waals surface area contributed by atoms with Gasteiger partial charge < -0.3 is 19.7 Å². The third kappa shape index (κ3) is 2.45. The van der Waals surface area contributed by atoms with Crippen molar-refractivity contribution in [1.82, 2.24) is 9.55 Å². The highest BCUT2D eigenvalue weighted by molar-refractivity contribution is 4.94. The molecule has 1 aliphatic heterocycles. The molecule has 0 saturated carbocycles. The molecule has 0 aromatic carbocycles. The predicted octanol–water partition coefficient (Wildman–Crippen LogP) is -1.90. The van der Waals surface area contributed by atoms with Crippen molar-refractivity contribution in [3.8, 4) is 0 Å². The van der Waals surface area contributed by atoms with Crippen LogP contribution in [0.25, 0.3) is 0 Å². The summed E-state index contributed by atoms with van der Waals surface area (Å²) in [4.78, 5) is 24.4. The Morgan fingerprint density at radius 3 is 2.74 bits per heavy atom. The van der Waals surface area contributed by atoms with Crippen molar-refractivity contribution in [3.05, 3.63) is 33.1 Å². The van der Waals surface area contributed by atoms with Crippen LogP contribution in [0.3, 0.4) is 0 Å². The van der Waals surface area contributed by atoms with Crippen molar-refractivity contribution in [3.63, 3.8) is 0 Å². The monoisotopic (exact) mass is 276 g/mol. The number of H-pyrrole nitrogens is 1. The average Bonchev–Trinajstić information content (AvgIpc) is 2.66. The number of halogens is 1. The van der Waals surface area contributed by atoms with E-state index >= 15 is 0 Å². The number of rotatable bonds is 3. The summed E-state index contributed by atoms with van der Waals surface area (Å²) in [6, 6.07) is 1.04. The van der Waals surface area contributed by atoms with Gasteiger partial charge in [-0.2, -0.15) is 0 Å². The normalized spacial score (nSPS) is 32.4. The van der Waals surface area contributed by atoms with E-state index in [4.69, 9.17) is 4.74 Å². The number of aliphatic hydroxyl groups is 2. The van der Waals surface area contributed by atoms with Gasteiger partial charge in [0.1, 0.15) is 18.3 Å². The van der Waals surface area contributed by atoms with Crippen molar-refractivity contribution < 1.29 is 24.1 Å². The Hall–Kier alpha value is -1.55. The largest absolute Gasteiger partial charge is 0.387 e. The number of alkyl halides is 1. The molecule has 1 saturated heterocycles. The van der Waals surface area contributed by atoms with Crippen LogP contribution < -0.4 is 11.2 Å². The molecular weight excluding hydrogens is 263 g/mol. The summed E-state index contributed by atoms with van der Waals surface area (Å²) in [5.74, 6) is 0. The van der Waals surface area contributed by atoms with E-state index in [0.717, 1.165) is 23.9 Å². The molecule has 0 bridgehead atoms. The molecule has 1 aliphatic rings. The highest BCUT2D eigenvalue weighted by atomic mass is 19.1. The van der Waals surface area contributed by atoms with Crippen molar-refractivity contribution in [2.45, 2.75) is 30.9 Å². The molecule has 0 spiro atoms. The smallest absolute Gasteiger partial charge is 0.330 e. The first-order chi connectivity index (χ1) is 8.95. The van der Waals surface area contributed by atoms with Gasteiger partial charge in [-0.1, -0.05) is 0 Å². The summed E-state index contributed by atoms with van der Waals surface area (Å²) in [5.41, 5.74) is -1.46. The molecule has 0 radical (unpaired) electrons. The number of aliphatic hydroxyl groups excluding tert-OH is 2. The summed E-state index contributed by atoms with van der Waals surface area (Å²) >= 11 is 0. The lowest BCUT2D eigenvalue weighted by atomic mass is 10.1. The van der Waals surface area contributed by atoms with E-state index in [0.29, 0.717) is 0 Å². The third-order valence-corrected chi connectivity index (χ3v) is 2.88.